The fraction of sp³-hybridized carbons (Fsp3) is 0.120. The van der Waals surface area contributed by atoms with Crippen LogP contribution in [0.4, 0.5) is 14.6 Å². The first kappa shape index (κ1) is 25.8. The molecule has 0 aliphatic heterocycles. The molecule has 11 nitrogen and oxygen atoms in total. The molecule has 200 valence electrons. The smallest absolute Gasteiger partial charge is 0.263 e. The third kappa shape index (κ3) is 5.27. The van der Waals surface area contributed by atoms with E-state index in [0.29, 0.717) is 22.7 Å². The summed E-state index contributed by atoms with van der Waals surface area (Å²) in [6.45, 7) is 0.0366. The summed E-state index contributed by atoms with van der Waals surface area (Å²) in [5.41, 5.74) is 1.38. The van der Waals surface area contributed by atoms with E-state index in [2.05, 4.69) is 24.9 Å². The lowest BCUT2D eigenvalue weighted by Crippen LogP contribution is -2.16. The summed E-state index contributed by atoms with van der Waals surface area (Å²) < 4.78 is 73.8. The van der Waals surface area contributed by atoms with Gasteiger partial charge in [-0.05, 0) is 24.3 Å². The van der Waals surface area contributed by atoms with Crippen LogP contribution in [0.3, 0.4) is 0 Å². The maximum absolute atomic E-state index is 14.6. The Kier molecular flexibility index (Phi) is 6.94. The third-order valence-electron chi connectivity index (χ3n) is 5.63. The topological polar surface area (TPSA) is 134 Å². The van der Waals surface area contributed by atoms with Crippen molar-refractivity contribution < 1.29 is 31.2 Å². The monoisotopic (exact) mass is 554 g/mol. The highest BCUT2D eigenvalue weighted by molar-refractivity contribution is 7.92. The molecule has 0 aliphatic carbocycles. The van der Waals surface area contributed by atoms with E-state index >= 15 is 0 Å². The number of rotatable bonds is 9. The quantitative estimate of drug-likeness (QED) is 0.285. The summed E-state index contributed by atoms with van der Waals surface area (Å²) >= 11 is 0. The number of methoxy groups -OCH3 is 2. The number of hydrogen-bond donors (Lipinski definition) is 1. The van der Waals surface area contributed by atoms with Crippen molar-refractivity contribution in [2.45, 2.75) is 11.4 Å². The van der Waals surface area contributed by atoms with Crippen molar-refractivity contribution in [3.8, 4) is 34.4 Å². The lowest BCUT2D eigenvalue weighted by Gasteiger charge is -2.12. The number of aromatic nitrogens is 5. The lowest BCUT2D eigenvalue weighted by molar-refractivity contribution is 0.354. The molecule has 0 saturated heterocycles. The van der Waals surface area contributed by atoms with Gasteiger partial charge in [0.15, 0.2) is 29.0 Å². The zero-order valence-electron chi connectivity index (χ0n) is 20.5. The number of benzene rings is 2. The molecule has 3 aromatic heterocycles. The summed E-state index contributed by atoms with van der Waals surface area (Å²) in [5.74, 6) is -1.62. The zero-order valence-corrected chi connectivity index (χ0v) is 21.3. The van der Waals surface area contributed by atoms with Crippen LogP contribution in [0.25, 0.3) is 22.9 Å². The van der Waals surface area contributed by atoms with Crippen molar-refractivity contribution in [1.29, 1.82) is 0 Å². The highest BCUT2D eigenvalue weighted by Crippen LogP contribution is 2.31. The molecule has 0 saturated carbocycles. The predicted molar refractivity (Wildman–Crippen MR) is 135 cm³/mol. The number of sulfonamides is 1. The van der Waals surface area contributed by atoms with Gasteiger partial charge in [0.2, 0.25) is 0 Å². The molecule has 3 heterocycles. The van der Waals surface area contributed by atoms with E-state index < -0.39 is 27.5 Å². The van der Waals surface area contributed by atoms with E-state index in [1.807, 2.05) is 0 Å². The molecule has 0 fully saturated rings. The molecular weight excluding hydrogens is 534 g/mol. The Labute approximate surface area is 221 Å². The largest absolute Gasteiger partial charge is 0.493 e. The van der Waals surface area contributed by atoms with E-state index in [-0.39, 0.29) is 28.7 Å². The molecule has 5 rings (SSSR count). The van der Waals surface area contributed by atoms with Gasteiger partial charge < -0.3 is 14.0 Å². The summed E-state index contributed by atoms with van der Waals surface area (Å²) in [4.78, 5) is 7.83. The van der Waals surface area contributed by atoms with Crippen LogP contribution < -0.4 is 14.2 Å². The fourth-order valence-electron chi connectivity index (χ4n) is 3.72. The molecular formula is C25H20F2N6O5S. The van der Waals surface area contributed by atoms with Crippen molar-refractivity contribution in [1.82, 2.24) is 24.9 Å². The normalized spacial score (nSPS) is 11.4. The Bertz CT molecular complexity index is 1740. The molecule has 5 aromatic rings. The van der Waals surface area contributed by atoms with Crippen LogP contribution in [0.5, 0.6) is 11.5 Å². The summed E-state index contributed by atoms with van der Waals surface area (Å²) in [7, 11) is -1.51. The number of hydrogen-bond acceptors (Lipinski definition) is 9. The number of ether oxygens (including phenoxy) is 2. The summed E-state index contributed by atoms with van der Waals surface area (Å²) in [6, 6.07) is 13.3. The van der Waals surface area contributed by atoms with Crippen LogP contribution in [-0.2, 0) is 16.6 Å². The number of nitrogens with zero attached hydrogens (tertiary/aromatic N) is 5. The van der Waals surface area contributed by atoms with Crippen molar-refractivity contribution in [2.24, 2.45) is 0 Å². The van der Waals surface area contributed by atoms with Crippen LogP contribution >= 0.6 is 0 Å². The second-order valence-corrected chi connectivity index (χ2v) is 9.74. The average molecular weight is 555 g/mol. The first-order valence-corrected chi connectivity index (χ1v) is 12.8. The van der Waals surface area contributed by atoms with Gasteiger partial charge in [-0.2, -0.15) is 5.10 Å². The van der Waals surface area contributed by atoms with Gasteiger partial charge in [-0.3, -0.25) is 9.40 Å². The molecule has 0 bridgehead atoms. The highest BCUT2D eigenvalue weighted by atomic mass is 32.2. The second kappa shape index (κ2) is 10.5. The van der Waals surface area contributed by atoms with E-state index in [1.54, 1.807) is 30.3 Å². The van der Waals surface area contributed by atoms with Crippen LogP contribution in [0.1, 0.15) is 5.56 Å². The van der Waals surface area contributed by atoms with Gasteiger partial charge >= 0.3 is 0 Å². The van der Waals surface area contributed by atoms with Gasteiger partial charge in [-0.1, -0.05) is 23.4 Å². The molecule has 0 atom stereocenters. The minimum absolute atomic E-state index is 0.0366. The maximum Gasteiger partial charge on any atom is 0.263 e. The summed E-state index contributed by atoms with van der Waals surface area (Å²) in [6.07, 6.45) is 2.19. The van der Waals surface area contributed by atoms with E-state index in [0.717, 1.165) is 6.20 Å². The molecule has 39 heavy (non-hydrogen) atoms. The predicted octanol–water partition coefficient (Wildman–Crippen LogP) is 4.14. The van der Waals surface area contributed by atoms with Gasteiger partial charge in [0.05, 0.1) is 37.6 Å². The Morgan fingerprint density at radius 2 is 1.77 bits per heavy atom. The Balaban J connectivity index is 1.51. The molecule has 2 aromatic carbocycles. The fourth-order valence-corrected chi connectivity index (χ4v) is 4.74. The van der Waals surface area contributed by atoms with Crippen LogP contribution in [0.15, 0.2) is 76.5 Å². The SMILES string of the molecule is COc1ccc(S(=O)(=O)Nc2nc(-c3cc(-c4ccon4)n(Cc4ccccc4F)n3)ncc2F)cc1OC. The summed E-state index contributed by atoms with van der Waals surface area (Å²) in [5, 5.41) is 8.37. The molecule has 0 unspecified atom stereocenters. The lowest BCUT2D eigenvalue weighted by atomic mass is 10.2. The number of anilines is 1. The van der Waals surface area contributed by atoms with E-state index in [4.69, 9.17) is 14.0 Å². The molecule has 14 heteroatoms. The number of nitrogens with one attached hydrogen (secondary N) is 1. The van der Waals surface area contributed by atoms with Crippen LogP contribution in [0.2, 0.25) is 0 Å². The van der Waals surface area contributed by atoms with E-state index in [9.17, 15) is 17.2 Å². The van der Waals surface area contributed by atoms with Crippen LogP contribution in [-0.4, -0.2) is 47.5 Å². The standard InChI is InChI=1S/C25H20F2N6O5S/c1-36-22-8-7-16(11-23(22)37-2)39(34,35)32-24-18(27)13-28-25(29-24)20-12-21(19-9-10-38-31-19)33(30-20)14-15-5-3-4-6-17(15)26/h3-13H,14H2,1-2H3,(H,28,29,32). The van der Waals surface area contributed by atoms with Crippen LogP contribution in [0, 0.1) is 11.6 Å². The number of halogens is 2. The first-order chi connectivity index (χ1) is 18.8. The van der Waals surface area contributed by atoms with Crippen molar-refractivity contribution in [3.05, 3.63) is 84.3 Å². The van der Waals surface area contributed by atoms with Gasteiger partial charge in [0.1, 0.15) is 23.5 Å². The Morgan fingerprint density at radius 1 is 0.974 bits per heavy atom. The van der Waals surface area contributed by atoms with E-state index in [1.165, 1.54) is 49.4 Å². The van der Waals surface area contributed by atoms with Crippen molar-refractivity contribution in [2.75, 3.05) is 18.9 Å². The first-order valence-electron chi connectivity index (χ1n) is 11.3. The second-order valence-electron chi connectivity index (χ2n) is 8.06. The minimum atomic E-state index is -4.28. The van der Waals surface area contributed by atoms with Crippen molar-refractivity contribution in [3.63, 3.8) is 0 Å². The van der Waals surface area contributed by atoms with Gasteiger partial charge in [0, 0.05) is 17.7 Å². The Morgan fingerprint density at radius 3 is 2.49 bits per heavy atom. The highest BCUT2D eigenvalue weighted by Gasteiger charge is 2.22. The average Bonchev–Trinajstić information content (AvgIpc) is 3.61. The van der Waals surface area contributed by atoms with Gasteiger partial charge in [-0.25, -0.2) is 27.2 Å². The third-order valence-corrected chi connectivity index (χ3v) is 6.96. The zero-order chi connectivity index (χ0) is 27.6. The van der Waals surface area contributed by atoms with Crippen molar-refractivity contribution >= 4 is 15.8 Å². The molecule has 0 aliphatic rings. The molecule has 0 radical (unpaired) electrons. The van der Waals surface area contributed by atoms with Gasteiger partial charge in [-0.15, -0.1) is 0 Å². The molecule has 0 spiro atoms. The van der Waals surface area contributed by atoms with Gasteiger partial charge in [0.25, 0.3) is 10.0 Å². The molecule has 0 amide bonds. The Hall–Kier alpha value is -4.85. The molecule has 1 N–H and O–H groups in total. The minimum Gasteiger partial charge on any atom is -0.493 e. The maximum atomic E-state index is 14.6.